The standard InChI is InChI=1S/C12H10O3/c1-4-9-5-10(12(14)15-3)6-11(7-13)8(9)2/h1,5-7H,2-3H3. The lowest BCUT2D eigenvalue weighted by Crippen LogP contribution is -2.04. The Bertz CT molecular complexity index is 453. The molecule has 0 amide bonds. The molecule has 0 heterocycles. The summed E-state index contributed by atoms with van der Waals surface area (Å²) in [6.07, 6.45) is 5.94. The van der Waals surface area contributed by atoms with E-state index in [1.807, 2.05) is 0 Å². The molecule has 0 aromatic heterocycles. The molecule has 0 saturated heterocycles. The zero-order valence-corrected chi connectivity index (χ0v) is 8.53. The number of benzene rings is 1. The fraction of sp³-hybridized carbons (Fsp3) is 0.167. The minimum absolute atomic E-state index is 0.290. The van der Waals surface area contributed by atoms with Crippen LogP contribution >= 0.6 is 0 Å². The molecule has 76 valence electrons. The van der Waals surface area contributed by atoms with Crippen LogP contribution in [0.3, 0.4) is 0 Å². The Morgan fingerprint density at radius 2 is 2.20 bits per heavy atom. The predicted octanol–water partition coefficient (Wildman–Crippen LogP) is 1.58. The summed E-state index contributed by atoms with van der Waals surface area (Å²) in [5.74, 6) is 1.92. The molecule has 0 N–H and O–H groups in total. The van der Waals surface area contributed by atoms with Crippen molar-refractivity contribution in [2.24, 2.45) is 0 Å². The van der Waals surface area contributed by atoms with E-state index in [-0.39, 0.29) is 5.56 Å². The van der Waals surface area contributed by atoms with Gasteiger partial charge in [-0.2, -0.15) is 0 Å². The number of carbonyl (C=O) groups is 2. The summed E-state index contributed by atoms with van der Waals surface area (Å²) >= 11 is 0. The van der Waals surface area contributed by atoms with Crippen molar-refractivity contribution in [1.82, 2.24) is 0 Å². The van der Waals surface area contributed by atoms with Crippen LogP contribution in [-0.2, 0) is 4.74 Å². The van der Waals surface area contributed by atoms with Crippen molar-refractivity contribution in [1.29, 1.82) is 0 Å². The summed E-state index contributed by atoms with van der Waals surface area (Å²) < 4.78 is 4.55. The second-order valence-corrected chi connectivity index (χ2v) is 2.99. The van der Waals surface area contributed by atoms with E-state index in [0.29, 0.717) is 23.0 Å². The number of carbonyl (C=O) groups excluding carboxylic acids is 2. The molecule has 0 fully saturated rings. The van der Waals surface area contributed by atoms with Crippen molar-refractivity contribution in [3.8, 4) is 12.3 Å². The van der Waals surface area contributed by atoms with Crippen LogP contribution in [0.15, 0.2) is 12.1 Å². The van der Waals surface area contributed by atoms with Crippen LogP contribution in [0.25, 0.3) is 0 Å². The molecule has 0 aliphatic heterocycles. The van der Waals surface area contributed by atoms with Crippen molar-refractivity contribution in [2.75, 3.05) is 7.11 Å². The second-order valence-electron chi connectivity index (χ2n) is 2.99. The molecule has 0 bridgehead atoms. The lowest BCUT2D eigenvalue weighted by molar-refractivity contribution is 0.0600. The molecule has 0 atom stereocenters. The first-order valence-electron chi connectivity index (χ1n) is 4.28. The molecule has 0 aliphatic rings. The Morgan fingerprint density at radius 3 is 2.67 bits per heavy atom. The molecule has 3 heteroatoms. The minimum Gasteiger partial charge on any atom is -0.465 e. The number of methoxy groups -OCH3 is 1. The van der Waals surface area contributed by atoms with E-state index in [1.165, 1.54) is 19.2 Å². The topological polar surface area (TPSA) is 43.4 Å². The maximum absolute atomic E-state index is 11.3. The first-order chi connectivity index (χ1) is 7.13. The Kier molecular flexibility index (Phi) is 3.25. The smallest absolute Gasteiger partial charge is 0.337 e. The lowest BCUT2D eigenvalue weighted by atomic mass is 10.00. The highest BCUT2D eigenvalue weighted by Crippen LogP contribution is 2.15. The van der Waals surface area contributed by atoms with E-state index in [1.54, 1.807) is 6.92 Å². The van der Waals surface area contributed by atoms with Gasteiger partial charge < -0.3 is 4.74 Å². The largest absolute Gasteiger partial charge is 0.465 e. The first kappa shape index (κ1) is 11.0. The van der Waals surface area contributed by atoms with E-state index in [0.717, 1.165) is 0 Å². The van der Waals surface area contributed by atoms with E-state index < -0.39 is 5.97 Å². The van der Waals surface area contributed by atoms with Crippen LogP contribution in [0.2, 0.25) is 0 Å². The van der Waals surface area contributed by atoms with Gasteiger partial charge in [-0.1, -0.05) is 5.92 Å². The fourth-order valence-corrected chi connectivity index (χ4v) is 1.24. The molecule has 1 aromatic rings. The van der Waals surface area contributed by atoms with E-state index in [9.17, 15) is 9.59 Å². The molecule has 0 unspecified atom stereocenters. The third-order valence-electron chi connectivity index (χ3n) is 2.15. The number of hydrogen-bond donors (Lipinski definition) is 0. The van der Waals surface area contributed by atoms with Gasteiger partial charge in [-0.15, -0.1) is 6.42 Å². The van der Waals surface area contributed by atoms with Gasteiger partial charge in [0, 0.05) is 11.1 Å². The number of esters is 1. The molecule has 1 rings (SSSR count). The molecular weight excluding hydrogens is 192 g/mol. The molecule has 15 heavy (non-hydrogen) atoms. The van der Waals surface area contributed by atoms with Crippen molar-refractivity contribution >= 4 is 12.3 Å². The SMILES string of the molecule is C#Cc1cc(C(=O)OC)cc(C=O)c1C. The molecule has 0 spiro atoms. The third kappa shape index (κ3) is 2.05. The zero-order chi connectivity index (χ0) is 11.4. The summed E-state index contributed by atoms with van der Waals surface area (Å²) in [5.41, 5.74) is 1.92. The number of terminal acetylenes is 1. The van der Waals surface area contributed by atoms with Gasteiger partial charge in [0.1, 0.15) is 6.29 Å². The summed E-state index contributed by atoms with van der Waals surface area (Å²) in [7, 11) is 1.28. The summed E-state index contributed by atoms with van der Waals surface area (Å²) in [4.78, 5) is 22.0. The maximum atomic E-state index is 11.3. The van der Waals surface area contributed by atoms with Gasteiger partial charge in [0.2, 0.25) is 0 Å². The Morgan fingerprint density at radius 1 is 1.53 bits per heavy atom. The van der Waals surface area contributed by atoms with Crippen LogP contribution in [0, 0.1) is 19.3 Å². The van der Waals surface area contributed by atoms with Crippen molar-refractivity contribution in [3.05, 3.63) is 34.4 Å². The van der Waals surface area contributed by atoms with Crippen LogP contribution in [0.5, 0.6) is 0 Å². The quantitative estimate of drug-likeness (QED) is 0.415. The highest BCUT2D eigenvalue weighted by atomic mass is 16.5. The predicted molar refractivity (Wildman–Crippen MR) is 55.8 cm³/mol. The number of aldehydes is 1. The molecule has 0 aliphatic carbocycles. The van der Waals surface area contributed by atoms with Gasteiger partial charge in [0.15, 0.2) is 0 Å². The highest BCUT2D eigenvalue weighted by molar-refractivity contribution is 5.93. The van der Waals surface area contributed by atoms with Crippen molar-refractivity contribution < 1.29 is 14.3 Å². The summed E-state index contributed by atoms with van der Waals surface area (Å²) in [6, 6.07) is 3.00. The van der Waals surface area contributed by atoms with E-state index in [2.05, 4.69) is 10.7 Å². The summed E-state index contributed by atoms with van der Waals surface area (Å²) in [6.45, 7) is 1.74. The maximum Gasteiger partial charge on any atom is 0.337 e. The summed E-state index contributed by atoms with van der Waals surface area (Å²) in [5, 5.41) is 0. The van der Waals surface area contributed by atoms with Crippen LogP contribution in [0.1, 0.15) is 31.8 Å². The van der Waals surface area contributed by atoms with Gasteiger partial charge in [0.05, 0.1) is 12.7 Å². The molecule has 0 radical (unpaired) electrons. The Hall–Kier alpha value is -2.08. The number of hydrogen-bond acceptors (Lipinski definition) is 3. The Labute approximate surface area is 88.1 Å². The van der Waals surface area contributed by atoms with Crippen molar-refractivity contribution in [2.45, 2.75) is 6.92 Å². The Balaban J connectivity index is 3.41. The van der Waals surface area contributed by atoms with Gasteiger partial charge in [-0.25, -0.2) is 4.79 Å². The number of ether oxygens (including phenoxy) is 1. The monoisotopic (exact) mass is 202 g/mol. The zero-order valence-electron chi connectivity index (χ0n) is 8.53. The van der Waals surface area contributed by atoms with Crippen LogP contribution < -0.4 is 0 Å². The normalized spacial score (nSPS) is 9.13. The molecule has 0 saturated carbocycles. The third-order valence-corrected chi connectivity index (χ3v) is 2.15. The van der Waals surface area contributed by atoms with Gasteiger partial charge >= 0.3 is 5.97 Å². The van der Waals surface area contributed by atoms with Crippen LogP contribution in [0.4, 0.5) is 0 Å². The molecular formula is C12H10O3. The number of rotatable bonds is 2. The minimum atomic E-state index is -0.505. The molecule has 1 aromatic carbocycles. The van der Waals surface area contributed by atoms with E-state index >= 15 is 0 Å². The second kappa shape index (κ2) is 4.43. The van der Waals surface area contributed by atoms with Gasteiger partial charge in [-0.3, -0.25) is 4.79 Å². The highest BCUT2D eigenvalue weighted by Gasteiger charge is 2.11. The molecule has 3 nitrogen and oxygen atoms in total. The lowest BCUT2D eigenvalue weighted by Gasteiger charge is -2.05. The van der Waals surface area contributed by atoms with Crippen LogP contribution in [-0.4, -0.2) is 19.4 Å². The van der Waals surface area contributed by atoms with E-state index in [4.69, 9.17) is 6.42 Å². The van der Waals surface area contributed by atoms with Crippen molar-refractivity contribution in [3.63, 3.8) is 0 Å². The fourth-order valence-electron chi connectivity index (χ4n) is 1.24. The average Bonchev–Trinajstić information content (AvgIpc) is 2.28. The van der Waals surface area contributed by atoms with Gasteiger partial charge in [0.25, 0.3) is 0 Å². The first-order valence-corrected chi connectivity index (χ1v) is 4.28. The average molecular weight is 202 g/mol. The van der Waals surface area contributed by atoms with Gasteiger partial charge in [-0.05, 0) is 24.6 Å².